The normalized spacial score (nSPS) is 21.1. The number of rotatable bonds is 6. The van der Waals surface area contributed by atoms with Crippen LogP contribution in [0.25, 0.3) is 0 Å². The van der Waals surface area contributed by atoms with Gasteiger partial charge in [0.05, 0.1) is 29.4 Å². The minimum atomic E-state index is -0.777. The molecule has 0 radical (unpaired) electrons. The van der Waals surface area contributed by atoms with Gasteiger partial charge in [-0.3, -0.25) is 4.79 Å². The molecule has 6 heteroatoms. The lowest BCUT2D eigenvalue weighted by molar-refractivity contribution is -0.130. The van der Waals surface area contributed by atoms with Crippen LogP contribution >= 0.6 is 11.6 Å². The monoisotopic (exact) mass is 481 g/mol. The molecule has 0 aromatic heterocycles. The summed E-state index contributed by atoms with van der Waals surface area (Å²) >= 11 is 6.63. The molecule has 5 nitrogen and oxygen atoms in total. The number of benzene rings is 2. The van der Waals surface area contributed by atoms with Crippen molar-refractivity contribution in [2.24, 2.45) is 11.8 Å². The molecule has 2 saturated carbocycles. The molecule has 1 heterocycles. The number of hydrogen-bond acceptors (Lipinski definition) is 4. The number of amides is 1. The van der Waals surface area contributed by atoms with Crippen molar-refractivity contribution in [1.29, 1.82) is 0 Å². The standard InChI is InChI=1S/C28H36ClN3O2/c1-34-25-17-16-20(18-22(25)29)28(31-23-14-8-9-15-24(23)32-28)26(19-10-4-2-5-11-19)27(33)30-21-12-6-3-7-13-21/h8-9,14-19,21,26,31-32H,2-7,10-13H2,1H3,(H,30,33)/t26-/m1/s1. The van der Waals surface area contributed by atoms with Crippen LogP contribution in [0.5, 0.6) is 5.75 Å². The third-order valence-corrected chi connectivity index (χ3v) is 8.32. The Bertz CT molecular complexity index is 989. The molecule has 0 spiro atoms. The SMILES string of the molecule is COc1ccc(C2([C@@H](C(=O)NC3CCCCC3)C3CCCCC3)Nc3ccccc3N2)cc1Cl. The van der Waals surface area contributed by atoms with E-state index in [-0.39, 0.29) is 23.8 Å². The third-order valence-electron chi connectivity index (χ3n) is 8.02. The summed E-state index contributed by atoms with van der Waals surface area (Å²) in [5, 5.41) is 11.6. The zero-order valence-corrected chi connectivity index (χ0v) is 20.8. The van der Waals surface area contributed by atoms with E-state index in [9.17, 15) is 4.79 Å². The van der Waals surface area contributed by atoms with E-state index >= 15 is 0 Å². The Morgan fingerprint density at radius 2 is 1.59 bits per heavy atom. The summed E-state index contributed by atoms with van der Waals surface area (Å²) in [4.78, 5) is 14.2. The van der Waals surface area contributed by atoms with Gasteiger partial charge in [-0.15, -0.1) is 0 Å². The summed E-state index contributed by atoms with van der Waals surface area (Å²) in [6, 6.07) is 14.4. The summed E-state index contributed by atoms with van der Waals surface area (Å²) in [6.45, 7) is 0. The van der Waals surface area contributed by atoms with Gasteiger partial charge in [-0.1, -0.05) is 68.3 Å². The van der Waals surface area contributed by atoms with Crippen LogP contribution in [0.3, 0.4) is 0 Å². The zero-order chi connectivity index (χ0) is 23.5. The van der Waals surface area contributed by atoms with Crippen LogP contribution in [0, 0.1) is 11.8 Å². The molecule has 2 aliphatic carbocycles. The van der Waals surface area contributed by atoms with Gasteiger partial charge >= 0.3 is 0 Å². The van der Waals surface area contributed by atoms with E-state index in [1.807, 2.05) is 30.3 Å². The largest absolute Gasteiger partial charge is 0.495 e. The summed E-state index contributed by atoms with van der Waals surface area (Å²) in [7, 11) is 1.63. The second-order valence-electron chi connectivity index (χ2n) is 10.2. The molecule has 3 N–H and O–H groups in total. The van der Waals surface area contributed by atoms with Crippen molar-refractivity contribution < 1.29 is 9.53 Å². The quantitative estimate of drug-likeness (QED) is 0.430. The predicted molar refractivity (Wildman–Crippen MR) is 138 cm³/mol. The second kappa shape index (κ2) is 10.1. The summed E-state index contributed by atoms with van der Waals surface area (Å²) < 4.78 is 5.43. The average molecular weight is 482 g/mol. The smallest absolute Gasteiger partial charge is 0.228 e. The molecule has 0 unspecified atom stereocenters. The van der Waals surface area contributed by atoms with E-state index in [2.05, 4.69) is 28.1 Å². The van der Waals surface area contributed by atoms with Crippen LogP contribution in [0.15, 0.2) is 42.5 Å². The number of anilines is 2. The first-order valence-corrected chi connectivity index (χ1v) is 13.3. The Balaban J connectivity index is 1.58. The van der Waals surface area contributed by atoms with Crippen molar-refractivity contribution >= 4 is 28.9 Å². The molecule has 1 atom stereocenters. The lowest BCUT2D eigenvalue weighted by Crippen LogP contribution is -2.56. The van der Waals surface area contributed by atoms with Crippen molar-refractivity contribution in [3.05, 3.63) is 53.1 Å². The number of hydrogen-bond donors (Lipinski definition) is 3. The van der Waals surface area contributed by atoms with Crippen LogP contribution in [0.4, 0.5) is 11.4 Å². The average Bonchev–Trinajstić information content (AvgIpc) is 3.25. The van der Waals surface area contributed by atoms with Crippen molar-refractivity contribution in [1.82, 2.24) is 5.32 Å². The van der Waals surface area contributed by atoms with Gasteiger partial charge in [0, 0.05) is 11.6 Å². The highest BCUT2D eigenvalue weighted by Gasteiger charge is 2.52. The van der Waals surface area contributed by atoms with E-state index in [0.29, 0.717) is 10.8 Å². The molecule has 1 aliphatic heterocycles. The minimum absolute atomic E-state index is 0.151. The summed E-state index contributed by atoms with van der Waals surface area (Å²) in [5.74, 6) is 0.801. The number of nitrogens with one attached hydrogen (secondary N) is 3. The molecule has 34 heavy (non-hydrogen) atoms. The molecule has 0 saturated heterocycles. The first kappa shape index (κ1) is 23.3. The Morgan fingerprint density at radius 3 is 2.18 bits per heavy atom. The van der Waals surface area contributed by atoms with Crippen LogP contribution in [-0.2, 0) is 10.5 Å². The number of halogens is 1. The maximum absolute atomic E-state index is 14.2. The highest BCUT2D eigenvalue weighted by atomic mass is 35.5. The van der Waals surface area contributed by atoms with Gasteiger partial charge in [-0.05, 0) is 55.9 Å². The molecule has 0 bridgehead atoms. The fraction of sp³-hybridized carbons (Fsp3) is 0.536. The molecule has 5 rings (SSSR count). The maximum atomic E-state index is 14.2. The molecule has 1 amide bonds. The van der Waals surface area contributed by atoms with Crippen LogP contribution in [0.2, 0.25) is 5.02 Å². The zero-order valence-electron chi connectivity index (χ0n) is 20.0. The highest BCUT2D eigenvalue weighted by Crippen LogP contribution is 2.49. The lowest BCUT2D eigenvalue weighted by Gasteiger charge is -2.44. The molecular formula is C28H36ClN3O2. The highest BCUT2D eigenvalue weighted by molar-refractivity contribution is 6.32. The maximum Gasteiger partial charge on any atom is 0.228 e. The second-order valence-corrected chi connectivity index (χ2v) is 10.6. The summed E-state index contributed by atoms with van der Waals surface area (Å²) in [5.41, 5.74) is 2.21. The van der Waals surface area contributed by atoms with Gasteiger partial charge in [0.25, 0.3) is 0 Å². The van der Waals surface area contributed by atoms with E-state index in [0.717, 1.165) is 42.6 Å². The van der Waals surface area contributed by atoms with Gasteiger partial charge in [-0.25, -0.2) is 0 Å². The van der Waals surface area contributed by atoms with E-state index < -0.39 is 5.66 Å². The van der Waals surface area contributed by atoms with Gasteiger partial charge in [-0.2, -0.15) is 0 Å². The number of carbonyl (C=O) groups excluding carboxylic acids is 1. The molecule has 2 aromatic rings. The van der Waals surface area contributed by atoms with Crippen LogP contribution < -0.4 is 20.7 Å². The molecule has 182 valence electrons. The van der Waals surface area contributed by atoms with Crippen molar-refractivity contribution in [3.8, 4) is 5.75 Å². The van der Waals surface area contributed by atoms with Gasteiger partial charge in [0.2, 0.25) is 5.91 Å². The first-order chi connectivity index (χ1) is 16.6. The molecule has 3 aliphatic rings. The van der Waals surface area contributed by atoms with Crippen molar-refractivity contribution in [3.63, 3.8) is 0 Å². The number of fused-ring (bicyclic) bond motifs is 1. The molecule has 2 fully saturated rings. The molecule has 2 aromatic carbocycles. The number of ether oxygens (including phenoxy) is 1. The molecular weight excluding hydrogens is 446 g/mol. The Morgan fingerprint density at radius 1 is 0.971 bits per heavy atom. The van der Waals surface area contributed by atoms with Crippen molar-refractivity contribution in [2.45, 2.75) is 75.9 Å². The summed E-state index contributed by atoms with van der Waals surface area (Å²) in [6.07, 6.45) is 11.5. The third kappa shape index (κ3) is 4.47. The van der Waals surface area contributed by atoms with Gasteiger partial charge < -0.3 is 20.7 Å². The van der Waals surface area contributed by atoms with E-state index in [1.165, 1.54) is 38.5 Å². The van der Waals surface area contributed by atoms with Gasteiger partial charge in [0.15, 0.2) is 0 Å². The lowest BCUT2D eigenvalue weighted by atomic mass is 9.71. The Kier molecular flexibility index (Phi) is 6.91. The number of carbonyl (C=O) groups is 1. The van der Waals surface area contributed by atoms with E-state index in [1.54, 1.807) is 7.11 Å². The van der Waals surface area contributed by atoms with Crippen LogP contribution in [-0.4, -0.2) is 19.1 Å². The Labute approximate surface area is 208 Å². The van der Waals surface area contributed by atoms with Crippen molar-refractivity contribution in [2.75, 3.05) is 17.7 Å². The minimum Gasteiger partial charge on any atom is -0.495 e. The van der Waals surface area contributed by atoms with Crippen LogP contribution in [0.1, 0.15) is 69.8 Å². The van der Waals surface area contributed by atoms with E-state index in [4.69, 9.17) is 16.3 Å². The number of methoxy groups -OCH3 is 1. The fourth-order valence-corrected chi connectivity index (χ4v) is 6.58. The Hall–Kier alpha value is -2.40. The first-order valence-electron chi connectivity index (χ1n) is 12.9. The topological polar surface area (TPSA) is 62.4 Å². The fourth-order valence-electron chi connectivity index (χ4n) is 6.32. The number of para-hydroxylation sites is 2. The predicted octanol–water partition coefficient (Wildman–Crippen LogP) is 6.68. The van der Waals surface area contributed by atoms with Gasteiger partial charge in [0.1, 0.15) is 11.4 Å².